The summed E-state index contributed by atoms with van der Waals surface area (Å²) in [5.74, 6) is 1.10. The lowest BCUT2D eigenvalue weighted by Gasteiger charge is -2.23. The molecule has 0 radical (unpaired) electrons. The van der Waals surface area contributed by atoms with Crippen LogP contribution in [-0.2, 0) is 4.79 Å². The van der Waals surface area contributed by atoms with Crippen molar-refractivity contribution in [1.29, 1.82) is 0 Å². The molecule has 0 aliphatic carbocycles. The minimum absolute atomic E-state index is 0.153. The number of carbonyl (C=O) groups is 1. The van der Waals surface area contributed by atoms with Gasteiger partial charge in [-0.15, -0.1) is 16.4 Å². The van der Waals surface area contributed by atoms with Crippen molar-refractivity contribution in [3.63, 3.8) is 0 Å². The Labute approximate surface area is 154 Å². The van der Waals surface area contributed by atoms with Crippen molar-refractivity contribution in [3.8, 4) is 0 Å². The van der Waals surface area contributed by atoms with Crippen molar-refractivity contribution in [2.75, 3.05) is 12.3 Å². The zero-order valence-corrected chi connectivity index (χ0v) is 15.8. The summed E-state index contributed by atoms with van der Waals surface area (Å²) in [5, 5.41) is 7.13. The Balaban J connectivity index is 1.46. The van der Waals surface area contributed by atoms with E-state index in [4.69, 9.17) is 0 Å². The quantitative estimate of drug-likeness (QED) is 0.657. The van der Waals surface area contributed by atoms with E-state index in [-0.39, 0.29) is 11.9 Å². The first-order valence-electron chi connectivity index (χ1n) is 8.28. The van der Waals surface area contributed by atoms with E-state index in [0.29, 0.717) is 16.7 Å². The molecular weight excluding hydrogens is 354 g/mol. The van der Waals surface area contributed by atoms with Gasteiger partial charge in [-0.2, -0.15) is 4.98 Å². The van der Waals surface area contributed by atoms with Crippen LogP contribution in [0.15, 0.2) is 28.7 Å². The van der Waals surface area contributed by atoms with Gasteiger partial charge in [-0.1, -0.05) is 17.8 Å². The van der Waals surface area contributed by atoms with E-state index in [9.17, 15) is 4.79 Å². The normalized spacial score (nSPS) is 17.5. The maximum Gasteiger partial charge on any atom is 0.253 e. The lowest BCUT2D eigenvalue weighted by atomic mass is 10.2. The topological polar surface area (TPSA) is 63.4 Å². The molecule has 1 aliphatic heterocycles. The highest BCUT2D eigenvalue weighted by Gasteiger charge is 2.30. The summed E-state index contributed by atoms with van der Waals surface area (Å²) in [5.41, 5.74) is 1.91. The molecule has 4 heterocycles. The number of aromatic nitrogens is 4. The monoisotopic (exact) mass is 373 g/mol. The number of carbonyl (C=O) groups excluding carboxylic acids is 1. The highest BCUT2D eigenvalue weighted by molar-refractivity contribution is 7.99. The molecule has 0 spiro atoms. The largest absolute Gasteiger partial charge is 0.334 e. The van der Waals surface area contributed by atoms with E-state index >= 15 is 0 Å². The van der Waals surface area contributed by atoms with Gasteiger partial charge in [-0.05, 0) is 44.2 Å². The zero-order valence-electron chi connectivity index (χ0n) is 14.2. The van der Waals surface area contributed by atoms with Gasteiger partial charge >= 0.3 is 0 Å². The van der Waals surface area contributed by atoms with E-state index in [2.05, 4.69) is 26.5 Å². The second-order valence-corrected chi connectivity index (χ2v) is 8.12. The number of aryl methyl sites for hydroxylation is 2. The minimum Gasteiger partial charge on any atom is -0.334 e. The van der Waals surface area contributed by atoms with Gasteiger partial charge in [0.2, 0.25) is 11.1 Å². The average Bonchev–Trinajstić information content (AvgIpc) is 3.30. The zero-order chi connectivity index (χ0) is 17.4. The molecule has 1 unspecified atom stereocenters. The summed E-state index contributed by atoms with van der Waals surface area (Å²) in [6.45, 7) is 4.75. The highest BCUT2D eigenvalue weighted by atomic mass is 32.2. The molecule has 0 bridgehead atoms. The van der Waals surface area contributed by atoms with Crippen LogP contribution in [0.2, 0.25) is 0 Å². The van der Waals surface area contributed by atoms with Crippen LogP contribution in [0.4, 0.5) is 0 Å². The predicted molar refractivity (Wildman–Crippen MR) is 99.0 cm³/mol. The molecule has 1 aliphatic rings. The van der Waals surface area contributed by atoms with Gasteiger partial charge in [-0.3, -0.25) is 4.79 Å². The Bertz CT molecular complexity index is 905. The number of thioether (sulfide) groups is 1. The summed E-state index contributed by atoms with van der Waals surface area (Å²) in [7, 11) is 0. The fourth-order valence-electron chi connectivity index (χ4n) is 3.26. The van der Waals surface area contributed by atoms with Crippen LogP contribution in [-0.4, -0.2) is 42.7 Å². The maximum absolute atomic E-state index is 12.7. The molecule has 1 saturated heterocycles. The fraction of sp³-hybridized carbons (Fsp3) is 0.412. The smallest absolute Gasteiger partial charge is 0.253 e. The molecule has 3 aromatic rings. The van der Waals surface area contributed by atoms with E-state index in [1.54, 1.807) is 15.9 Å². The number of hydrogen-bond donors (Lipinski definition) is 0. The van der Waals surface area contributed by atoms with Gasteiger partial charge in [0.15, 0.2) is 0 Å². The molecule has 0 N–H and O–H groups in total. The highest BCUT2D eigenvalue weighted by Crippen LogP contribution is 2.35. The van der Waals surface area contributed by atoms with Gasteiger partial charge in [0.25, 0.3) is 5.78 Å². The molecule has 130 valence electrons. The number of hydrogen-bond acceptors (Lipinski definition) is 6. The Hall–Kier alpha value is -1.93. The van der Waals surface area contributed by atoms with E-state index in [0.717, 1.165) is 30.8 Å². The molecule has 6 nitrogen and oxygen atoms in total. The van der Waals surface area contributed by atoms with Crippen LogP contribution in [0.3, 0.4) is 0 Å². The first-order valence-corrected chi connectivity index (χ1v) is 10.1. The van der Waals surface area contributed by atoms with Crippen LogP contribution in [0.5, 0.6) is 0 Å². The summed E-state index contributed by atoms with van der Waals surface area (Å²) in [6.07, 6.45) is 2.11. The van der Waals surface area contributed by atoms with Crippen molar-refractivity contribution < 1.29 is 4.79 Å². The van der Waals surface area contributed by atoms with Gasteiger partial charge in [0, 0.05) is 22.8 Å². The summed E-state index contributed by atoms with van der Waals surface area (Å²) in [6, 6.07) is 6.37. The molecule has 1 fully saturated rings. The van der Waals surface area contributed by atoms with E-state index in [1.807, 2.05) is 30.9 Å². The van der Waals surface area contributed by atoms with Gasteiger partial charge in [0.05, 0.1) is 11.8 Å². The molecule has 0 saturated carbocycles. The molecular formula is C17H19N5OS2. The molecule has 25 heavy (non-hydrogen) atoms. The van der Waals surface area contributed by atoms with Crippen molar-refractivity contribution in [2.24, 2.45) is 0 Å². The summed E-state index contributed by atoms with van der Waals surface area (Å²) < 4.78 is 1.73. The number of nitrogens with zero attached hydrogens (tertiary/aromatic N) is 5. The molecule has 1 amide bonds. The number of thiophene rings is 1. The first-order chi connectivity index (χ1) is 12.1. The fourth-order valence-corrected chi connectivity index (χ4v) is 4.84. The van der Waals surface area contributed by atoms with Crippen molar-refractivity contribution in [2.45, 2.75) is 37.9 Å². The van der Waals surface area contributed by atoms with Crippen LogP contribution >= 0.6 is 23.1 Å². The minimum atomic E-state index is 0.153. The Morgan fingerprint density at radius 1 is 1.40 bits per heavy atom. The lowest BCUT2D eigenvalue weighted by Crippen LogP contribution is -2.31. The lowest BCUT2D eigenvalue weighted by molar-refractivity contribution is -0.129. The third-order valence-corrected chi connectivity index (χ3v) is 6.16. The van der Waals surface area contributed by atoms with Gasteiger partial charge < -0.3 is 4.90 Å². The summed E-state index contributed by atoms with van der Waals surface area (Å²) >= 11 is 3.11. The number of likely N-dealkylation sites (tertiary alicyclic amines) is 1. The Morgan fingerprint density at radius 3 is 3.08 bits per heavy atom. The standard InChI is InChI=1S/C17H19N5OS2/c1-11-9-12(2)22-16(18-11)19-17(20-22)25-10-15(23)21-7-3-5-13(21)14-6-4-8-24-14/h4,6,8-9,13H,3,5,7,10H2,1-2H3. The third-order valence-electron chi connectivity index (χ3n) is 4.37. The second kappa shape index (κ2) is 6.76. The van der Waals surface area contributed by atoms with Crippen molar-refractivity contribution in [3.05, 3.63) is 39.8 Å². The first kappa shape index (κ1) is 16.5. The Kier molecular flexibility index (Phi) is 4.47. The molecule has 3 aromatic heterocycles. The molecule has 8 heteroatoms. The number of rotatable bonds is 4. The number of amides is 1. The summed E-state index contributed by atoms with van der Waals surface area (Å²) in [4.78, 5) is 24.8. The third kappa shape index (κ3) is 3.28. The van der Waals surface area contributed by atoms with Crippen LogP contribution in [0.25, 0.3) is 5.78 Å². The van der Waals surface area contributed by atoms with Crippen LogP contribution in [0, 0.1) is 13.8 Å². The van der Waals surface area contributed by atoms with Gasteiger partial charge in [0.1, 0.15) is 0 Å². The van der Waals surface area contributed by atoms with Crippen molar-refractivity contribution >= 4 is 34.8 Å². The van der Waals surface area contributed by atoms with Crippen LogP contribution in [0.1, 0.15) is 35.1 Å². The van der Waals surface area contributed by atoms with E-state index < -0.39 is 0 Å². The van der Waals surface area contributed by atoms with Gasteiger partial charge in [-0.25, -0.2) is 9.50 Å². The second-order valence-electron chi connectivity index (χ2n) is 6.19. The number of fused-ring (bicyclic) bond motifs is 1. The molecule has 0 aromatic carbocycles. The maximum atomic E-state index is 12.7. The molecule has 1 atom stereocenters. The van der Waals surface area contributed by atoms with Crippen LogP contribution < -0.4 is 0 Å². The van der Waals surface area contributed by atoms with E-state index in [1.165, 1.54) is 16.6 Å². The van der Waals surface area contributed by atoms with Crippen molar-refractivity contribution in [1.82, 2.24) is 24.5 Å². The predicted octanol–water partition coefficient (Wildman–Crippen LogP) is 3.26. The molecule has 4 rings (SSSR count). The average molecular weight is 374 g/mol. The SMILES string of the molecule is Cc1cc(C)n2nc(SCC(=O)N3CCCC3c3cccs3)nc2n1. The Morgan fingerprint density at radius 2 is 2.28 bits per heavy atom.